The van der Waals surface area contributed by atoms with Crippen LogP contribution in [0.15, 0.2) is 77.1 Å². The van der Waals surface area contributed by atoms with Gasteiger partial charge in [-0.2, -0.15) is 5.23 Å². The minimum atomic E-state index is -0.780. The van der Waals surface area contributed by atoms with Crippen LogP contribution in [0.5, 0.6) is 0 Å². The molecule has 35 heavy (non-hydrogen) atoms. The molecular formula is C26H31N3O6. The number of carbonyl (C=O) groups excluding carboxylic acids is 2. The molecule has 0 saturated heterocycles. The minimum Gasteiger partial charge on any atom is -0.595 e. The average Bonchev–Trinajstić information content (AvgIpc) is 2.87. The van der Waals surface area contributed by atoms with E-state index in [-0.39, 0.29) is 17.8 Å². The lowest BCUT2D eigenvalue weighted by Crippen LogP contribution is -3.00. The molecule has 2 aromatic carbocycles. The molecule has 0 aliphatic carbocycles. The highest BCUT2D eigenvalue weighted by Crippen LogP contribution is 2.39. The maximum atomic E-state index is 13.2. The first-order valence-corrected chi connectivity index (χ1v) is 11.2. The molecule has 2 unspecified atom stereocenters. The van der Waals surface area contributed by atoms with Gasteiger partial charge in [-0.05, 0) is 25.0 Å². The lowest BCUT2D eigenvalue weighted by molar-refractivity contribution is -0.992. The molecule has 9 heteroatoms. The lowest BCUT2D eigenvalue weighted by Gasteiger charge is -2.30. The Labute approximate surface area is 204 Å². The van der Waals surface area contributed by atoms with Crippen molar-refractivity contribution in [1.82, 2.24) is 10.6 Å². The van der Waals surface area contributed by atoms with Crippen molar-refractivity contribution in [3.8, 4) is 0 Å². The molecule has 0 fully saturated rings. The number of benzene rings is 2. The summed E-state index contributed by atoms with van der Waals surface area (Å²) in [5.41, 5.74) is 3.68. The number of allylic oxidation sites excluding steroid dienone is 2. The molecule has 1 heterocycles. The highest BCUT2D eigenvalue weighted by molar-refractivity contribution is 5.99. The Bertz CT molecular complexity index is 1110. The summed E-state index contributed by atoms with van der Waals surface area (Å²) in [6.07, 6.45) is 0. The van der Waals surface area contributed by atoms with Gasteiger partial charge < -0.3 is 25.3 Å². The monoisotopic (exact) mass is 481 g/mol. The molecule has 0 radical (unpaired) electrons. The van der Waals surface area contributed by atoms with Crippen LogP contribution in [0, 0.1) is 5.21 Å². The number of hydrogen-bond donors (Lipinski definition) is 3. The zero-order chi connectivity index (χ0) is 25.4. The minimum absolute atomic E-state index is 0.146. The molecule has 0 aromatic heterocycles. The molecule has 1 aliphatic heterocycles. The van der Waals surface area contributed by atoms with E-state index in [1.165, 1.54) is 14.2 Å². The third-order valence-corrected chi connectivity index (χ3v) is 5.71. The number of quaternary nitrogens is 1. The van der Waals surface area contributed by atoms with Gasteiger partial charge in [-0.15, -0.1) is 0 Å². The van der Waals surface area contributed by atoms with E-state index in [2.05, 4.69) is 10.6 Å². The fourth-order valence-corrected chi connectivity index (χ4v) is 4.06. The van der Waals surface area contributed by atoms with Gasteiger partial charge in [-0.3, -0.25) is 0 Å². The summed E-state index contributed by atoms with van der Waals surface area (Å²) in [7, 11) is 2.58. The standard InChI is InChI=1S/C26H31N3O6/c1-17-22(25(30)33-3)24(20-11-8-12-21(15-20)29(32)34-4)23(18(2)28-17)26(31)35-14-13-27-16-19-9-6-5-7-10-19/h5-12,15,24,27-29H,13-14,16H2,1-4H3. The maximum Gasteiger partial charge on any atom is 0.336 e. The van der Waals surface area contributed by atoms with Crippen LogP contribution in [0.3, 0.4) is 0 Å². The first-order valence-electron chi connectivity index (χ1n) is 11.2. The van der Waals surface area contributed by atoms with Crippen LogP contribution in [-0.2, 0) is 30.4 Å². The first-order chi connectivity index (χ1) is 16.9. The summed E-state index contributed by atoms with van der Waals surface area (Å²) in [5, 5.41) is 17.9. The smallest absolute Gasteiger partial charge is 0.336 e. The summed E-state index contributed by atoms with van der Waals surface area (Å²) in [6, 6.07) is 16.6. The second kappa shape index (κ2) is 12.3. The number of ether oxygens (including phenoxy) is 2. The van der Waals surface area contributed by atoms with Crippen LogP contribution in [0.4, 0.5) is 5.69 Å². The fourth-order valence-electron chi connectivity index (χ4n) is 4.06. The maximum absolute atomic E-state index is 13.2. The molecule has 2 aromatic rings. The van der Waals surface area contributed by atoms with Crippen LogP contribution < -0.4 is 15.9 Å². The summed E-state index contributed by atoms with van der Waals surface area (Å²) in [6.45, 7) is 4.75. The quantitative estimate of drug-likeness (QED) is 0.268. The number of methoxy groups -OCH3 is 1. The zero-order valence-corrected chi connectivity index (χ0v) is 20.3. The molecule has 0 saturated carbocycles. The molecule has 0 spiro atoms. The summed E-state index contributed by atoms with van der Waals surface area (Å²) >= 11 is 0. The number of hydrogen-bond acceptors (Lipinski definition) is 8. The fraction of sp³-hybridized carbons (Fsp3) is 0.308. The van der Waals surface area contributed by atoms with Crippen LogP contribution in [-0.4, -0.2) is 39.3 Å². The molecule has 0 bridgehead atoms. The number of carbonyl (C=O) groups is 2. The Morgan fingerprint density at radius 3 is 2.34 bits per heavy atom. The van der Waals surface area contributed by atoms with Crippen molar-refractivity contribution >= 4 is 17.6 Å². The van der Waals surface area contributed by atoms with Crippen molar-refractivity contribution in [2.75, 3.05) is 27.4 Å². The number of esters is 2. The van der Waals surface area contributed by atoms with Gasteiger partial charge in [-0.1, -0.05) is 42.5 Å². The van der Waals surface area contributed by atoms with Gasteiger partial charge in [0.1, 0.15) is 6.61 Å². The van der Waals surface area contributed by atoms with E-state index in [9.17, 15) is 14.8 Å². The predicted octanol–water partition coefficient (Wildman–Crippen LogP) is 2.00. The molecule has 186 valence electrons. The normalized spacial score (nSPS) is 16.5. The van der Waals surface area contributed by atoms with E-state index in [4.69, 9.17) is 14.3 Å². The molecule has 9 nitrogen and oxygen atoms in total. The zero-order valence-electron chi connectivity index (χ0n) is 20.3. The number of nitrogens with one attached hydrogen (secondary N) is 3. The highest BCUT2D eigenvalue weighted by atomic mass is 16.9. The van der Waals surface area contributed by atoms with Gasteiger partial charge in [0.15, 0.2) is 5.69 Å². The third kappa shape index (κ3) is 6.34. The molecular weight excluding hydrogens is 450 g/mol. The highest BCUT2D eigenvalue weighted by Gasteiger charge is 2.38. The lowest BCUT2D eigenvalue weighted by atomic mass is 9.80. The van der Waals surface area contributed by atoms with Crippen molar-refractivity contribution in [3.05, 3.63) is 93.5 Å². The van der Waals surface area contributed by atoms with E-state index >= 15 is 0 Å². The van der Waals surface area contributed by atoms with Crippen molar-refractivity contribution in [1.29, 1.82) is 0 Å². The Hall–Kier alpha value is -3.50. The first kappa shape index (κ1) is 26.1. The van der Waals surface area contributed by atoms with Crippen LogP contribution in [0.25, 0.3) is 0 Å². The van der Waals surface area contributed by atoms with Crippen LogP contribution >= 0.6 is 0 Å². The van der Waals surface area contributed by atoms with Crippen LogP contribution in [0.2, 0.25) is 0 Å². The number of rotatable bonds is 10. The third-order valence-electron chi connectivity index (χ3n) is 5.71. The Morgan fingerprint density at radius 2 is 1.69 bits per heavy atom. The van der Waals surface area contributed by atoms with Gasteiger partial charge in [0, 0.05) is 36.6 Å². The van der Waals surface area contributed by atoms with E-state index in [1.807, 2.05) is 30.3 Å². The van der Waals surface area contributed by atoms with Gasteiger partial charge in [0.2, 0.25) is 0 Å². The van der Waals surface area contributed by atoms with E-state index in [0.717, 1.165) is 5.56 Å². The Morgan fingerprint density at radius 1 is 1.00 bits per heavy atom. The average molecular weight is 482 g/mol. The second-order valence-corrected chi connectivity index (χ2v) is 8.04. The predicted molar refractivity (Wildman–Crippen MR) is 130 cm³/mol. The molecule has 0 amide bonds. The van der Waals surface area contributed by atoms with E-state index in [1.54, 1.807) is 38.1 Å². The van der Waals surface area contributed by atoms with Gasteiger partial charge >= 0.3 is 11.9 Å². The molecule has 3 N–H and O–H groups in total. The second-order valence-electron chi connectivity index (χ2n) is 8.04. The van der Waals surface area contributed by atoms with Crippen molar-refractivity contribution in [2.45, 2.75) is 26.3 Å². The summed E-state index contributed by atoms with van der Waals surface area (Å²) < 4.78 is 10.6. The van der Waals surface area contributed by atoms with E-state index < -0.39 is 23.1 Å². The Balaban J connectivity index is 1.82. The summed E-state index contributed by atoms with van der Waals surface area (Å²) in [4.78, 5) is 30.8. The van der Waals surface area contributed by atoms with Crippen LogP contribution in [0.1, 0.15) is 30.9 Å². The van der Waals surface area contributed by atoms with Gasteiger partial charge in [0.25, 0.3) is 0 Å². The van der Waals surface area contributed by atoms with Crippen molar-refractivity contribution in [2.24, 2.45) is 0 Å². The SMILES string of the molecule is COC(=O)C1=C(C)NC(C)=C(C(=O)OCCNCc2ccccc2)C1c1cccc([NH+]([O-])OC)c1. The topological polar surface area (TPSA) is 113 Å². The van der Waals surface area contributed by atoms with Gasteiger partial charge in [-0.25, -0.2) is 14.4 Å². The van der Waals surface area contributed by atoms with Crippen molar-refractivity contribution < 1.29 is 29.1 Å². The van der Waals surface area contributed by atoms with E-state index in [0.29, 0.717) is 35.7 Å². The largest absolute Gasteiger partial charge is 0.595 e. The Kier molecular flexibility index (Phi) is 9.16. The van der Waals surface area contributed by atoms with Crippen molar-refractivity contribution in [3.63, 3.8) is 0 Å². The van der Waals surface area contributed by atoms with Gasteiger partial charge in [0.05, 0.1) is 31.3 Å². The molecule has 3 rings (SSSR count). The summed E-state index contributed by atoms with van der Waals surface area (Å²) in [5.74, 6) is -1.91. The number of dihydropyridines is 1. The molecule has 1 aliphatic rings. The molecule has 2 atom stereocenters.